The molecule has 18 heavy (non-hydrogen) atoms. The molecule has 1 rings (SSSR count). The molecule has 0 saturated carbocycles. The van der Waals surface area contributed by atoms with Gasteiger partial charge in [-0.3, -0.25) is 0 Å². The van der Waals surface area contributed by atoms with Crippen LogP contribution in [0.15, 0.2) is 24.3 Å². The fourth-order valence-electron chi connectivity index (χ4n) is 1.93. The number of aliphatic hydroxyl groups excluding tert-OH is 1. The first-order chi connectivity index (χ1) is 8.69. The van der Waals surface area contributed by atoms with E-state index in [-0.39, 0.29) is 11.9 Å². The summed E-state index contributed by atoms with van der Waals surface area (Å²) in [6.07, 6.45) is 0.931. The number of hydrogen-bond donors (Lipinski definition) is 2. The topological polar surface area (TPSA) is 41.5 Å². The summed E-state index contributed by atoms with van der Waals surface area (Å²) in [6.45, 7) is 2.98. The van der Waals surface area contributed by atoms with Crippen LogP contribution in [0.1, 0.15) is 31.4 Å². The molecule has 0 fully saturated rings. The Morgan fingerprint density at radius 1 is 1.39 bits per heavy atom. The Morgan fingerprint density at radius 3 is 2.72 bits per heavy atom. The lowest BCUT2D eigenvalue weighted by atomic mass is 10.0. The molecular formula is C14H22FNO2. The van der Waals surface area contributed by atoms with Gasteiger partial charge in [0.2, 0.25) is 0 Å². The van der Waals surface area contributed by atoms with Crippen LogP contribution in [0.3, 0.4) is 0 Å². The molecule has 102 valence electrons. The van der Waals surface area contributed by atoms with E-state index in [2.05, 4.69) is 5.32 Å². The zero-order chi connectivity index (χ0) is 13.4. The fourth-order valence-corrected chi connectivity index (χ4v) is 1.93. The molecule has 3 nitrogen and oxygen atoms in total. The third-order valence-electron chi connectivity index (χ3n) is 2.92. The van der Waals surface area contributed by atoms with E-state index in [9.17, 15) is 9.50 Å². The summed E-state index contributed by atoms with van der Waals surface area (Å²) in [4.78, 5) is 0. The van der Waals surface area contributed by atoms with Gasteiger partial charge in [0.1, 0.15) is 5.82 Å². The Bertz CT molecular complexity index is 346. The van der Waals surface area contributed by atoms with E-state index in [0.717, 1.165) is 6.42 Å². The van der Waals surface area contributed by atoms with Gasteiger partial charge in [-0.1, -0.05) is 25.1 Å². The Morgan fingerprint density at radius 2 is 2.11 bits per heavy atom. The molecule has 2 atom stereocenters. The summed E-state index contributed by atoms with van der Waals surface area (Å²) in [5.74, 6) is -0.186. The smallest absolute Gasteiger partial charge is 0.127 e. The Balaban J connectivity index is 2.46. The summed E-state index contributed by atoms with van der Waals surface area (Å²) in [5, 5.41) is 12.8. The van der Waals surface area contributed by atoms with Gasteiger partial charge in [-0.15, -0.1) is 0 Å². The highest BCUT2D eigenvalue weighted by molar-refractivity contribution is 5.21. The number of methoxy groups -OCH3 is 1. The maximum absolute atomic E-state index is 13.6. The quantitative estimate of drug-likeness (QED) is 0.748. The van der Waals surface area contributed by atoms with Crippen molar-refractivity contribution in [3.63, 3.8) is 0 Å². The molecule has 0 aliphatic carbocycles. The summed E-state index contributed by atoms with van der Waals surface area (Å²) in [5.41, 5.74) is 0.682. The second-order valence-electron chi connectivity index (χ2n) is 4.33. The first kappa shape index (κ1) is 15.1. The van der Waals surface area contributed by atoms with E-state index in [0.29, 0.717) is 25.1 Å². The predicted octanol–water partition coefficient (Wildman–Crippen LogP) is 2.26. The van der Waals surface area contributed by atoms with E-state index in [1.165, 1.54) is 6.07 Å². The van der Waals surface area contributed by atoms with Crippen LogP contribution in [0, 0.1) is 5.82 Å². The van der Waals surface area contributed by atoms with Crippen molar-refractivity contribution < 1.29 is 14.2 Å². The van der Waals surface area contributed by atoms with Crippen LogP contribution >= 0.6 is 0 Å². The molecule has 4 heteroatoms. The highest BCUT2D eigenvalue weighted by Gasteiger charge is 2.13. The lowest BCUT2D eigenvalue weighted by Crippen LogP contribution is -2.27. The minimum absolute atomic E-state index is 0.0130. The van der Waals surface area contributed by atoms with Crippen molar-refractivity contribution in [1.29, 1.82) is 0 Å². The number of hydrogen-bond acceptors (Lipinski definition) is 3. The molecule has 1 aromatic rings. The number of nitrogens with one attached hydrogen (secondary N) is 1. The summed E-state index contributed by atoms with van der Waals surface area (Å²) in [6, 6.07) is 6.78. The van der Waals surface area contributed by atoms with Gasteiger partial charge in [0.25, 0.3) is 0 Å². The molecule has 0 bridgehead atoms. The summed E-state index contributed by atoms with van der Waals surface area (Å²) in [7, 11) is 1.56. The molecule has 0 saturated heterocycles. The Hall–Kier alpha value is -0.970. The average Bonchev–Trinajstić information content (AvgIpc) is 2.36. The predicted molar refractivity (Wildman–Crippen MR) is 69.9 cm³/mol. The first-order valence-corrected chi connectivity index (χ1v) is 6.33. The van der Waals surface area contributed by atoms with Gasteiger partial charge in [-0.05, 0) is 25.5 Å². The maximum Gasteiger partial charge on any atom is 0.127 e. The van der Waals surface area contributed by atoms with Crippen LogP contribution in [0.2, 0.25) is 0 Å². The van der Waals surface area contributed by atoms with Crippen molar-refractivity contribution in [2.24, 2.45) is 0 Å². The highest BCUT2D eigenvalue weighted by Crippen LogP contribution is 2.19. The molecule has 0 amide bonds. The highest BCUT2D eigenvalue weighted by atomic mass is 19.1. The standard InChI is InChI=1S/C14H22FNO2/c1-3-14(12-6-4-5-7-13(12)15)16-9-8-11(17)10-18-2/h4-7,11,14,16-17H,3,8-10H2,1-2H3. The molecule has 0 aliphatic rings. The van der Waals surface area contributed by atoms with Crippen LogP contribution < -0.4 is 5.32 Å². The normalized spacial score (nSPS) is 14.4. The Labute approximate surface area is 108 Å². The monoisotopic (exact) mass is 255 g/mol. The van der Waals surface area contributed by atoms with E-state index < -0.39 is 6.10 Å². The van der Waals surface area contributed by atoms with Gasteiger partial charge < -0.3 is 15.2 Å². The zero-order valence-electron chi connectivity index (χ0n) is 11.0. The van der Waals surface area contributed by atoms with Crippen molar-refractivity contribution in [2.75, 3.05) is 20.3 Å². The Kier molecular flexibility index (Phi) is 6.86. The number of aliphatic hydroxyl groups is 1. The SMILES string of the molecule is CCC(NCCC(O)COC)c1ccccc1F. The van der Waals surface area contributed by atoms with Gasteiger partial charge in [0, 0.05) is 18.7 Å². The molecular weight excluding hydrogens is 233 g/mol. The van der Waals surface area contributed by atoms with Gasteiger partial charge in [0.15, 0.2) is 0 Å². The number of benzene rings is 1. The van der Waals surface area contributed by atoms with E-state index >= 15 is 0 Å². The van der Waals surface area contributed by atoms with Crippen LogP contribution in [-0.2, 0) is 4.74 Å². The molecule has 0 aliphatic heterocycles. The second-order valence-corrected chi connectivity index (χ2v) is 4.33. The molecule has 1 aromatic carbocycles. The van der Waals surface area contributed by atoms with E-state index in [1.807, 2.05) is 13.0 Å². The fraction of sp³-hybridized carbons (Fsp3) is 0.571. The maximum atomic E-state index is 13.6. The minimum atomic E-state index is -0.472. The van der Waals surface area contributed by atoms with Crippen molar-refractivity contribution in [3.8, 4) is 0 Å². The van der Waals surface area contributed by atoms with Crippen molar-refractivity contribution in [2.45, 2.75) is 31.9 Å². The van der Waals surface area contributed by atoms with E-state index in [4.69, 9.17) is 4.74 Å². The number of halogens is 1. The van der Waals surface area contributed by atoms with E-state index in [1.54, 1.807) is 19.2 Å². The largest absolute Gasteiger partial charge is 0.391 e. The zero-order valence-corrected chi connectivity index (χ0v) is 11.0. The third kappa shape index (κ3) is 4.72. The van der Waals surface area contributed by atoms with Crippen LogP contribution in [0.4, 0.5) is 4.39 Å². The van der Waals surface area contributed by atoms with Gasteiger partial charge in [-0.2, -0.15) is 0 Å². The molecule has 0 spiro atoms. The van der Waals surface area contributed by atoms with Gasteiger partial charge in [0.05, 0.1) is 12.7 Å². The lowest BCUT2D eigenvalue weighted by molar-refractivity contribution is 0.0589. The van der Waals surface area contributed by atoms with Crippen molar-refractivity contribution in [3.05, 3.63) is 35.6 Å². The lowest BCUT2D eigenvalue weighted by Gasteiger charge is -2.19. The molecule has 2 N–H and O–H groups in total. The van der Waals surface area contributed by atoms with Gasteiger partial charge in [-0.25, -0.2) is 4.39 Å². The summed E-state index contributed by atoms with van der Waals surface area (Å²) >= 11 is 0. The van der Waals surface area contributed by atoms with Crippen LogP contribution in [0.5, 0.6) is 0 Å². The van der Waals surface area contributed by atoms with Crippen molar-refractivity contribution in [1.82, 2.24) is 5.32 Å². The van der Waals surface area contributed by atoms with Crippen LogP contribution in [0.25, 0.3) is 0 Å². The second kappa shape index (κ2) is 8.19. The number of rotatable bonds is 8. The third-order valence-corrected chi connectivity index (χ3v) is 2.92. The van der Waals surface area contributed by atoms with Gasteiger partial charge >= 0.3 is 0 Å². The average molecular weight is 255 g/mol. The minimum Gasteiger partial charge on any atom is -0.391 e. The number of ether oxygens (including phenoxy) is 1. The van der Waals surface area contributed by atoms with Crippen LogP contribution in [-0.4, -0.2) is 31.5 Å². The molecule has 0 radical (unpaired) electrons. The van der Waals surface area contributed by atoms with Crippen molar-refractivity contribution >= 4 is 0 Å². The first-order valence-electron chi connectivity index (χ1n) is 6.33. The molecule has 0 heterocycles. The summed E-state index contributed by atoms with van der Waals surface area (Å²) < 4.78 is 18.5. The molecule has 0 aromatic heterocycles. The molecule has 2 unspecified atom stereocenters.